The molecule has 0 rings (SSSR count). The third-order valence-corrected chi connectivity index (χ3v) is 1.16. The largest absolute Gasteiger partial charge is 0.471 e. The number of halogens is 3. The maximum absolute atomic E-state index is 11.6. The SMILES string of the molecule is N=C(N)CNCCNC(=O)C(F)(F)F. The lowest BCUT2D eigenvalue weighted by Gasteiger charge is -2.07. The van der Waals surface area contributed by atoms with Crippen molar-refractivity contribution in [1.82, 2.24) is 10.6 Å². The van der Waals surface area contributed by atoms with Gasteiger partial charge in [-0.3, -0.25) is 10.2 Å². The molecule has 0 aliphatic heterocycles. The predicted octanol–water partition coefficient (Wildman–Crippen LogP) is -0.810. The van der Waals surface area contributed by atoms with Crippen LogP contribution >= 0.6 is 0 Å². The fraction of sp³-hybridized carbons (Fsp3) is 0.667. The summed E-state index contributed by atoms with van der Waals surface area (Å²) >= 11 is 0. The first-order valence-corrected chi connectivity index (χ1v) is 3.72. The van der Waals surface area contributed by atoms with E-state index in [-0.39, 0.29) is 25.5 Å². The number of nitrogens with two attached hydrogens (primary N) is 1. The van der Waals surface area contributed by atoms with Crippen LogP contribution in [0.4, 0.5) is 13.2 Å². The van der Waals surface area contributed by atoms with E-state index in [9.17, 15) is 18.0 Å². The van der Waals surface area contributed by atoms with E-state index in [4.69, 9.17) is 11.1 Å². The van der Waals surface area contributed by atoms with Crippen molar-refractivity contribution >= 4 is 11.7 Å². The number of carbonyl (C=O) groups excluding carboxylic acids is 1. The van der Waals surface area contributed by atoms with E-state index in [1.165, 1.54) is 0 Å². The lowest BCUT2D eigenvalue weighted by Crippen LogP contribution is -2.41. The quantitative estimate of drug-likeness (QED) is 0.273. The molecule has 0 saturated heterocycles. The Morgan fingerprint density at radius 2 is 1.93 bits per heavy atom. The molecule has 5 N–H and O–H groups in total. The summed E-state index contributed by atoms with van der Waals surface area (Å²) in [5.74, 6) is -2.09. The van der Waals surface area contributed by atoms with Gasteiger partial charge in [-0.25, -0.2) is 0 Å². The zero-order valence-electron chi connectivity index (χ0n) is 7.24. The summed E-state index contributed by atoms with van der Waals surface area (Å²) in [6.45, 7) is 0.0505. The van der Waals surface area contributed by atoms with Crippen LogP contribution < -0.4 is 16.4 Å². The highest BCUT2D eigenvalue weighted by atomic mass is 19.4. The van der Waals surface area contributed by atoms with Gasteiger partial charge in [-0.2, -0.15) is 13.2 Å². The average Bonchev–Trinajstić information content (AvgIpc) is 2.01. The van der Waals surface area contributed by atoms with Gasteiger partial charge in [0.05, 0.1) is 6.54 Å². The van der Waals surface area contributed by atoms with Gasteiger partial charge < -0.3 is 16.4 Å². The molecule has 0 spiro atoms. The smallest absolute Gasteiger partial charge is 0.387 e. The van der Waals surface area contributed by atoms with Crippen LogP contribution in [0.15, 0.2) is 0 Å². The van der Waals surface area contributed by atoms with Gasteiger partial charge in [-0.05, 0) is 0 Å². The predicted molar refractivity (Wildman–Crippen MR) is 43.8 cm³/mol. The standard InChI is InChI=1S/C6H11F3N4O/c7-6(8,9)5(14)13-2-1-12-3-4(10)11/h12H,1-3H2,(H3,10,11)(H,13,14). The molecule has 0 saturated carbocycles. The second-order valence-electron chi connectivity index (χ2n) is 2.46. The molecule has 0 bridgehead atoms. The lowest BCUT2D eigenvalue weighted by molar-refractivity contribution is -0.173. The molecular weight excluding hydrogens is 201 g/mol. The summed E-state index contributed by atoms with van der Waals surface area (Å²) in [6, 6.07) is 0. The van der Waals surface area contributed by atoms with Crippen LogP contribution in [0.5, 0.6) is 0 Å². The van der Waals surface area contributed by atoms with Crippen molar-refractivity contribution in [2.75, 3.05) is 19.6 Å². The van der Waals surface area contributed by atoms with Crippen molar-refractivity contribution in [2.24, 2.45) is 5.73 Å². The van der Waals surface area contributed by atoms with Gasteiger partial charge in [0.2, 0.25) is 0 Å². The van der Waals surface area contributed by atoms with Gasteiger partial charge in [0, 0.05) is 13.1 Å². The molecule has 1 amide bonds. The Bertz CT molecular complexity index is 216. The number of rotatable bonds is 5. The molecule has 82 valence electrons. The molecule has 0 heterocycles. The van der Waals surface area contributed by atoms with Gasteiger partial charge >= 0.3 is 12.1 Å². The van der Waals surface area contributed by atoms with Gasteiger partial charge in [0.15, 0.2) is 0 Å². The number of amidine groups is 1. The fourth-order valence-electron chi connectivity index (χ4n) is 0.588. The maximum Gasteiger partial charge on any atom is 0.471 e. The van der Waals surface area contributed by atoms with Gasteiger partial charge in [0.25, 0.3) is 0 Å². The third-order valence-electron chi connectivity index (χ3n) is 1.16. The Hall–Kier alpha value is -1.31. The van der Waals surface area contributed by atoms with Crippen LogP contribution in [0.25, 0.3) is 0 Å². The Morgan fingerprint density at radius 1 is 1.36 bits per heavy atom. The van der Waals surface area contributed by atoms with Crippen LogP contribution in [0.1, 0.15) is 0 Å². The van der Waals surface area contributed by atoms with Crippen molar-refractivity contribution in [3.63, 3.8) is 0 Å². The molecule has 0 aromatic carbocycles. The molecule has 5 nitrogen and oxygen atoms in total. The van der Waals surface area contributed by atoms with Gasteiger partial charge in [-0.1, -0.05) is 0 Å². The summed E-state index contributed by atoms with van der Waals surface area (Å²) in [6.07, 6.45) is -4.85. The summed E-state index contributed by atoms with van der Waals surface area (Å²) in [5, 5.41) is 11.0. The van der Waals surface area contributed by atoms with E-state index in [1.54, 1.807) is 5.32 Å². The minimum absolute atomic E-state index is 0.0852. The van der Waals surface area contributed by atoms with E-state index in [1.807, 2.05) is 0 Å². The second-order valence-corrected chi connectivity index (χ2v) is 2.46. The van der Waals surface area contributed by atoms with Crippen molar-refractivity contribution in [3.8, 4) is 0 Å². The lowest BCUT2D eigenvalue weighted by atomic mass is 10.5. The van der Waals surface area contributed by atoms with Crippen molar-refractivity contribution in [1.29, 1.82) is 5.41 Å². The van der Waals surface area contributed by atoms with E-state index in [0.717, 1.165) is 0 Å². The highest BCUT2D eigenvalue weighted by Crippen LogP contribution is 2.13. The number of amides is 1. The molecule has 8 heteroatoms. The number of alkyl halides is 3. The molecule has 0 aliphatic rings. The van der Waals surface area contributed by atoms with Crippen molar-refractivity contribution in [3.05, 3.63) is 0 Å². The van der Waals surface area contributed by atoms with E-state index in [2.05, 4.69) is 5.32 Å². The Balaban J connectivity index is 3.46. The Labute approximate surface area is 78.3 Å². The topological polar surface area (TPSA) is 91.0 Å². The van der Waals surface area contributed by atoms with Crippen LogP contribution in [0.2, 0.25) is 0 Å². The summed E-state index contributed by atoms with van der Waals surface area (Å²) < 4.78 is 34.8. The second kappa shape index (κ2) is 5.43. The van der Waals surface area contributed by atoms with Crippen LogP contribution in [-0.4, -0.2) is 37.6 Å². The van der Waals surface area contributed by atoms with Gasteiger partial charge in [-0.15, -0.1) is 0 Å². The summed E-state index contributed by atoms with van der Waals surface area (Å²) in [5.41, 5.74) is 4.96. The highest BCUT2D eigenvalue weighted by Gasteiger charge is 2.38. The average molecular weight is 212 g/mol. The molecule has 0 aliphatic carbocycles. The Morgan fingerprint density at radius 3 is 2.36 bits per heavy atom. The molecule has 0 atom stereocenters. The normalized spacial score (nSPS) is 11.1. The zero-order chi connectivity index (χ0) is 11.2. The fourth-order valence-corrected chi connectivity index (χ4v) is 0.588. The van der Waals surface area contributed by atoms with Crippen LogP contribution in [0, 0.1) is 5.41 Å². The summed E-state index contributed by atoms with van der Waals surface area (Å²) in [7, 11) is 0. The zero-order valence-corrected chi connectivity index (χ0v) is 7.24. The summed E-state index contributed by atoms with van der Waals surface area (Å²) in [4.78, 5) is 10.2. The first-order valence-electron chi connectivity index (χ1n) is 3.72. The minimum Gasteiger partial charge on any atom is -0.387 e. The molecule has 0 unspecified atom stereocenters. The Kier molecular flexibility index (Phi) is 4.92. The van der Waals surface area contributed by atoms with E-state index < -0.39 is 12.1 Å². The number of hydrogen-bond donors (Lipinski definition) is 4. The number of nitrogens with one attached hydrogen (secondary N) is 3. The van der Waals surface area contributed by atoms with Crippen molar-refractivity contribution in [2.45, 2.75) is 6.18 Å². The molecular formula is C6H11F3N4O. The first-order chi connectivity index (χ1) is 6.34. The monoisotopic (exact) mass is 212 g/mol. The van der Waals surface area contributed by atoms with E-state index >= 15 is 0 Å². The molecule has 0 aromatic heterocycles. The van der Waals surface area contributed by atoms with Gasteiger partial charge in [0.1, 0.15) is 5.84 Å². The number of hydrogen-bond acceptors (Lipinski definition) is 3. The number of carbonyl (C=O) groups is 1. The molecule has 14 heavy (non-hydrogen) atoms. The molecule has 0 aromatic rings. The first kappa shape index (κ1) is 12.7. The molecule has 0 fully saturated rings. The van der Waals surface area contributed by atoms with Crippen LogP contribution in [0.3, 0.4) is 0 Å². The van der Waals surface area contributed by atoms with Crippen LogP contribution in [-0.2, 0) is 4.79 Å². The van der Waals surface area contributed by atoms with E-state index in [0.29, 0.717) is 0 Å². The maximum atomic E-state index is 11.6. The minimum atomic E-state index is -4.85. The van der Waals surface area contributed by atoms with Crippen molar-refractivity contribution < 1.29 is 18.0 Å². The molecule has 0 radical (unpaired) electrons. The highest BCUT2D eigenvalue weighted by molar-refractivity contribution is 5.81. The third kappa shape index (κ3) is 6.23.